The number of amides is 3. The topological polar surface area (TPSA) is 113 Å². The monoisotopic (exact) mass is 285 g/mol. The Hall–Kier alpha value is -1.79. The molecule has 0 aromatic heterocycles. The zero-order valence-corrected chi connectivity index (χ0v) is 12.0. The first-order valence-electron chi connectivity index (χ1n) is 6.87. The average Bonchev–Trinajstić information content (AvgIpc) is 2.38. The van der Waals surface area contributed by atoms with Gasteiger partial charge in [0, 0.05) is 19.6 Å². The number of carbonyl (C=O) groups is 3. The lowest BCUT2D eigenvalue weighted by Gasteiger charge is -2.31. The van der Waals surface area contributed by atoms with Crippen LogP contribution in [0.3, 0.4) is 0 Å². The van der Waals surface area contributed by atoms with Gasteiger partial charge in [0.2, 0.25) is 5.91 Å². The van der Waals surface area contributed by atoms with Crippen molar-refractivity contribution in [2.75, 3.05) is 19.6 Å². The third-order valence-electron chi connectivity index (χ3n) is 3.71. The Bertz CT molecular complexity index is 384. The number of primary amides is 1. The smallest absolute Gasteiger partial charge is 0.317 e. The second-order valence-corrected chi connectivity index (χ2v) is 5.56. The van der Waals surface area contributed by atoms with Crippen LogP contribution in [0, 0.1) is 17.8 Å². The van der Waals surface area contributed by atoms with Crippen LogP contribution >= 0.6 is 0 Å². The molecule has 0 saturated carbocycles. The van der Waals surface area contributed by atoms with Crippen molar-refractivity contribution in [1.29, 1.82) is 0 Å². The summed E-state index contributed by atoms with van der Waals surface area (Å²) in [5.41, 5.74) is 5.26. The zero-order chi connectivity index (χ0) is 15.3. The molecule has 1 saturated heterocycles. The van der Waals surface area contributed by atoms with Gasteiger partial charge in [-0.3, -0.25) is 9.59 Å². The maximum Gasteiger partial charge on any atom is 0.317 e. The summed E-state index contributed by atoms with van der Waals surface area (Å²) in [6, 6.07) is -0.331. The molecule has 1 aliphatic heterocycles. The van der Waals surface area contributed by atoms with Crippen molar-refractivity contribution in [2.45, 2.75) is 26.7 Å². The first-order chi connectivity index (χ1) is 9.32. The Morgan fingerprint density at radius 2 is 2.05 bits per heavy atom. The van der Waals surface area contributed by atoms with Gasteiger partial charge in [0.1, 0.15) is 0 Å². The summed E-state index contributed by atoms with van der Waals surface area (Å²) < 4.78 is 0. The van der Waals surface area contributed by atoms with E-state index in [0.29, 0.717) is 19.5 Å². The Morgan fingerprint density at radius 3 is 2.55 bits per heavy atom. The minimum atomic E-state index is -0.922. The van der Waals surface area contributed by atoms with Crippen molar-refractivity contribution in [3.8, 4) is 0 Å². The molecule has 4 N–H and O–H groups in total. The Kier molecular flexibility index (Phi) is 5.79. The highest BCUT2D eigenvalue weighted by Gasteiger charge is 2.28. The Morgan fingerprint density at radius 1 is 1.40 bits per heavy atom. The normalized spacial score (nSPS) is 20.6. The minimum absolute atomic E-state index is 0.0625. The van der Waals surface area contributed by atoms with Crippen LogP contribution in [0.5, 0.6) is 0 Å². The quantitative estimate of drug-likeness (QED) is 0.672. The lowest BCUT2D eigenvalue weighted by Crippen LogP contribution is -2.49. The van der Waals surface area contributed by atoms with E-state index in [1.54, 1.807) is 13.8 Å². The van der Waals surface area contributed by atoms with Gasteiger partial charge >= 0.3 is 12.0 Å². The zero-order valence-electron chi connectivity index (χ0n) is 12.0. The van der Waals surface area contributed by atoms with Crippen molar-refractivity contribution < 1.29 is 19.5 Å². The van der Waals surface area contributed by atoms with Gasteiger partial charge in [-0.2, -0.15) is 0 Å². The molecule has 20 heavy (non-hydrogen) atoms. The summed E-state index contributed by atoms with van der Waals surface area (Å²) in [6.45, 7) is 4.56. The largest absolute Gasteiger partial charge is 0.481 e. The predicted octanol–water partition coefficient (Wildman–Crippen LogP) is 0.250. The van der Waals surface area contributed by atoms with E-state index in [0.717, 1.165) is 6.42 Å². The number of hydrogen-bond acceptors (Lipinski definition) is 3. The van der Waals surface area contributed by atoms with Gasteiger partial charge in [-0.05, 0) is 18.8 Å². The number of rotatable bonds is 5. The van der Waals surface area contributed by atoms with E-state index in [2.05, 4.69) is 5.32 Å². The molecule has 0 aromatic rings. The van der Waals surface area contributed by atoms with Crippen molar-refractivity contribution >= 4 is 17.9 Å². The van der Waals surface area contributed by atoms with Gasteiger partial charge in [0.05, 0.1) is 11.8 Å². The van der Waals surface area contributed by atoms with Crippen molar-refractivity contribution in [2.24, 2.45) is 23.5 Å². The molecule has 2 atom stereocenters. The van der Waals surface area contributed by atoms with Crippen molar-refractivity contribution in [1.82, 2.24) is 10.2 Å². The van der Waals surface area contributed by atoms with Crippen LogP contribution in [0.2, 0.25) is 0 Å². The number of nitrogens with one attached hydrogen (secondary N) is 1. The van der Waals surface area contributed by atoms with Crippen LogP contribution in [0.25, 0.3) is 0 Å². The fourth-order valence-corrected chi connectivity index (χ4v) is 2.31. The molecule has 0 spiro atoms. The van der Waals surface area contributed by atoms with E-state index in [4.69, 9.17) is 10.8 Å². The minimum Gasteiger partial charge on any atom is -0.481 e. The number of likely N-dealkylation sites (tertiary alicyclic amines) is 1. The third-order valence-corrected chi connectivity index (χ3v) is 3.71. The standard InChI is InChI=1S/C13H23N3O4/c1-8(2)10(12(18)19)6-15-13(20)16-5-3-4-9(7-16)11(14)17/h8-10H,3-7H2,1-2H3,(H2,14,17)(H,15,20)(H,18,19). The Labute approximate surface area is 118 Å². The average molecular weight is 285 g/mol. The molecular formula is C13H23N3O4. The van der Waals surface area contributed by atoms with Crippen LogP contribution in [-0.4, -0.2) is 47.5 Å². The van der Waals surface area contributed by atoms with Gasteiger partial charge in [-0.1, -0.05) is 13.8 Å². The van der Waals surface area contributed by atoms with E-state index in [1.165, 1.54) is 4.90 Å². The maximum absolute atomic E-state index is 12.0. The molecule has 2 unspecified atom stereocenters. The second-order valence-electron chi connectivity index (χ2n) is 5.56. The van der Waals surface area contributed by atoms with Crippen LogP contribution in [0.4, 0.5) is 4.79 Å². The number of urea groups is 1. The summed E-state index contributed by atoms with van der Waals surface area (Å²) >= 11 is 0. The van der Waals surface area contributed by atoms with Crippen molar-refractivity contribution in [3.63, 3.8) is 0 Å². The van der Waals surface area contributed by atoms with E-state index in [1.807, 2.05) is 0 Å². The summed E-state index contributed by atoms with van der Waals surface area (Å²) in [6.07, 6.45) is 1.43. The van der Waals surface area contributed by atoms with Crippen LogP contribution in [-0.2, 0) is 9.59 Å². The van der Waals surface area contributed by atoms with Crippen molar-refractivity contribution in [3.05, 3.63) is 0 Å². The maximum atomic E-state index is 12.0. The molecule has 1 rings (SSSR count). The van der Waals surface area contributed by atoms with Crippen LogP contribution < -0.4 is 11.1 Å². The molecule has 7 nitrogen and oxygen atoms in total. The van der Waals surface area contributed by atoms with Gasteiger partial charge in [-0.15, -0.1) is 0 Å². The number of piperidine rings is 1. The summed E-state index contributed by atoms with van der Waals surface area (Å²) in [5, 5.41) is 11.7. The summed E-state index contributed by atoms with van der Waals surface area (Å²) in [7, 11) is 0. The number of nitrogens with zero attached hydrogens (tertiary/aromatic N) is 1. The van der Waals surface area contributed by atoms with E-state index < -0.39 is 17.8 Å². The summed E-state index contributed by atoms with van der Waals surface area (Å²) in [4.78, 5) is 35.7. The van der Waals surface area contributed by atoms with Crippen LogP contribution in [0.15, 0.2) is 0 Å². The SMILES string of the molecule is CC(C)C(CNC(=O)N1CCCC(C(N)=O)C1)C(=O)O. The first kappa shape index (κ1) is 16.3. The molecule has 114 valence electrons. The molecule has 1 fully saturated rings. The molecule has 0 aromatic carbocycles. The molecule has 0 radical (unpaired) electrons. The molecule has 1 aliphatic rings. The highest BCUT2D eigenvalue weighted by Crippen LogP contribution is 2.16. The number of nitrogens with two attached hydrogens (primary N) is 1. The predicted molar refractivity (Wildman–Crippen MR) is 72.9 cm³/mol. The van der Waals surface area contributed by atoms with Crippen LogP contribution in [0.1, 0.15) is 26.7 Å². The van der Waals surface area contributed by atoms with E-state index in [-0.39, 0.29) is 24.4 Å². The number of aliphatic carboxylic acids is 1. The lowest BCUT2D eigenvalue weighted by molar-refractivity contribution is -0.143. The number of hydrogen-bond donors (Lipinski definition) is 3. The highest BCUT2D eigenvalue weighted by molar-refractivity contribution is 5.80. The first-order valence-corrected chi connectivity index (χ1v) is 6.87. The molecule has 0 aliphatic carbocycles. The second kappa shape index (κ2) is 7.12. The molecule has 0 bridgehead atoms. The number of carbonyl (C=O) groups excluding carboxylic acids is 2. The van der Waals surface area contributed by atoms with Gasteiger partial charge < -0.3 is 21.1 Å². The lowest BCUT2D eigenvalue weighted by atomic mass is 9.96. The van der Waals surface area contributed by atoms with Gasteiger partial charge in [0.15, 0.2) is 0 Å². The fourth-order valence-electron chi connectivity index (χ4n) is 2.31. The molecule has 7 heteroatoms. The molecule has 1 heterocycles. The number of carboxylic acids is 1. The highest BCUT2D eigenvalue weighted by atomic mass is 16.4. The van der Waals surface area contributed by atoms with E-state index in [9.17, 15) is 14.4 Å². The summed E-state index contributed by atoms with van der Waals surface area (Å²) in [5.74, 6) is -2.31. The third kappa shape index (κ3) is 4.40. The fraction of sp³-hybridized carbons (Fsp3) is 0.769. The van der Waals surface area contributed by atoms with Gasteiger partial charge in [-0.25, -0.2) is 4.79 Å². The molecule has 3 amide bonds. The van der Waals surface area contributed by atoms with E-state index >= 15 is 0 Å². The van der Waals surface area contributed by atoms with Gasteiger partial charge in [0.25, 0.3) is 0 Å². The number of carboxylic acid groups (broad SMARTS) is 1. The molecular weight excluding hydrogens is 262 g/mol. The Balaban J connectivity index is 2.50.